The van der Waals surface area contributed by atoms with Crippen LogP contribution in [0, 0.1) is 0 Å². The highest BCUT2D eigenvalue weighted by Crippen LogP contribution is 2.36. The van der Waals surface area contributed by atoms with E-state index >= 15 is 0 Å². The average Bonchev–Trinajstić information content (AvgIpc) is 3.00. The first kappa shape index (κ1) is 15.1. The number of rotatable bonds is 4. The number of amides is 2. The monoisotopic (exact) mass is 332 g/mol. The van der Waals surface area contributed by atoms with E-state index in [4.69, 9.17) is 0 Å². The Kier molecular flexibility index (Phi) is 4.49. The van der Waals surface area contributed by atoms with Gasteiger partial charge in [0.15, 0.2) is 0 Å². The van der Waals surface area contributed by atoms with Crippen molar-refractivity contribution in [2.45, 2.75) is 29.9 Å². The van der Waals surface area contributed by atoms with E-state index < -0.39 is 0 Å². The van der Waals surface area contributed by atoms with Gasteiger partial charge in [0.1, 0.15) is 0 Å². The molecule has 2 amide bonds. The van der Waals surface area contributed by atoms with E-state index in [1.54, 1.807) is 11.3 Å². The molecule has 1 aliphatic heterocycles. The molecular formula is C16H16N2O2S2. The summed E-state index contributed by atoms with van der Waals surface area (Å²) in [4.78, 5) is 25.9. The molecule has 0 saturated carbocycles. The zero-order chi connectivity index (χ0) is 15.5. The third-order valence-corrected chi connectivity index (χ3v) is 5.49. The molecule has 0 spiro atoms. The first-order chi connectivity index (χ1) is 10.6. The smallest absolute Gasteiger partial charge is 0.237 e. The van der Waals surface area contributed by atoms with Gasteiger partial charge in [0, 0.05) is 21.9 Å². The second kappa shape index (κ2) is 6.54. The van der Waals surface area contributed by atoms with Crippen molar-refractivity contribution >= 4 is 46.3 Å². The van der Waals surface area contributed by atoms with Crippen LogP contribution in [0.5, 0.6) is 0 Å². The van der Waals surface area contributed by atoms with Gasteiger partial charge in [0.05, 0.1) is 10.9 Å². The van der Waals surface area contributed by atoms with Crippen LogP contribution in [0.25, 0.3) is 0 Å². The van der Waals surface area contributed by atoms with Crippen LogP contribution in [0.3, 0.4) is 0 Å². The van der Waals surface area contributed by atoms with E-state index in [2.05, 4.69) is 10.6 Å². The molecule has 2 heterocycles. The minimum Gasteiger partial charge on any atom is -0.326 e. The zero-order valence-corrected chi connectivity index (χ0v) is 13.7. The summed E-state index contributed by atoms with van der Waals surface area (Å²) < 4.78 is 0. The molecule has 1 unspecified atom stereocenters. The zero-order valence-electron chi connectivity index (χ0n) is 12.1. The number of anilines is 2. The van der Waals surface area contributed by atoms with E-state index in [-0.39, 0.29) is 17.1 Å². The number of hydrogen-bond acceptors (Lipinski definition) is 4. The van der Waals surface area contributed by atoms with Crippen molar-refractivity contribution in [1.29, 1.82) is 0 Å². The molecule has 0 saturated heterocycles. The van der Waals surface area contributed by atoms with Gasteiger partial charge in [-0.25, -0.2) is 0 Å². The largest absolute Gasteiger partial charge is 0.326 e. The second-order valence-electron chi connectivity index (χ2n) is 5.09. The number of carbonyl (C=O) groups excluding carboxylic acids is 2. The number of carbonyl (C=O) groups is 2. The predicted octanol–water partition coefficient (Wildman–Crippen LogP) is 3.75. The van der Waals surface area contributed by atoms with Gasteiger partial charge in [-0.2, -0.15) is 0 Å². The van der Waals surface area contributed by atoms with Gasteiger partial charge in [0.2, 0.25) is 11.8 Å². The minimum absolute atomic E-state index is 0.00123. The highest BCUT2D eigenvalue weighted by molar-refractivity contribution is 8.00. The molecule has 3 rings (SSSR count). The fourth-order valence-electron chi connectivity index (χ4n) is 2.20. The van der Waals surface area contributed by atoms with Crippen LogP contribution in [-0.4, -0.2) is 17.1 Å². The lowest BCUT2D eigenvalue weighted by Crippen LogP contribution is -2.26. The van der Waals surface area contributed by atoms with Crippen molar-refractivity contribution in [2.24, 2.45) is 0 Å². The van der Waals surface area contributed by atoms with Gasteiger partial charge < -0.3 is 10.6 Å². The van der Waals surface area contributed by atoms with Crippen LogP contribution in [-0.2, 0) is 16.0 Å². The Labute approximate surface area is 137 Å². The molecule has 1 aromatic heterocycles. The van der Waals surface area contributed by atoms with Crippen molar-refractivity contribution in [3.8, 4) is 0 Å². The third-order valence-electron chi connectivity index (χ3n) is 3.37. The van der Waals surface area contributed by atoms with Gasteiger partial charge in [-0.05, 0) is 43.0 Å². The fourth-order valence-corrected chi connectivity index (χ4v) is 3.84. The third kappa shape index (κ3) is 3.51. The van der Waals surface area contributed by atoms with E-state index in [1.165, 1.54) is 16.6 Å². The van der Waals surface area contributed by atoms with E-state index in [0.29, 0.717) is 12.1 Å². The molecule has 2 aromatic rings. The first-order valence-electron chi connectivity index (χ1n) is 7.05. The molecule has 4 nitrogen and oxygen atoms in total. The Morgan fingerprint density at radius 2 is 2.23 bits per heavy atom. The molecule has 22 heavy (non-hydrogen) atoms. The molecule has 0 radical (unpaired) electrons. The number of thiophene rings is 1. The molecule has 114 valence electrons. The highest BCUT2D eigenvalue weighted by atomic mass is 32.2. The summed E-state index contributed by atoms with van der Waals surface area (Å²) in [5, 5.41) is 7.68. The van der Waals surface area contributed by atoms with Crippen LogP contribution < -0.4 is 10.6 Å². The Morgan fingerprint density at radius 1 is 1.36 bits per heavy atom. The summed E-state index contributed by atoms with van der Waals surface area (Å²) in [5.41, 5.74) is 1.48. The van der Waals surface area contributed by atoms with Gasteiger partial charge >= 0.3 is 0 Å². The van der Waals surface area contributed by atoms with E-state index in [9.17, 15) is 9.59 Å². The van der Waals surface area contributed by atoms with Crippen molar-refractivity contribution < 1.29 is 9.59 Å². The van der Waals surface area contributed by atoms with Crippen LogP contribution in [0.4, 0.5) is 11.4 Å². The van der Waals surface area contributed by atoms with Crippen LogP contribution in [0.1, 0.15) is 18.2 Å². The highest BCUT2D eigenvalue weighted by Gasteiger charge is 2.23. The molecule has 2 N–H and O–H groups in total. The maximum absolute atomic E-state index is 12.0. The average molecular weight is 332 g/mol. The Bertz CT molecular complexity index is 698. The lowest BCUT2D eigenvalue weighted by atomic mass is 10.2. The lowest BCUT2D eigenvalue weighted by molar-refractivity contribution is -0.116. The van der Waals surface area contributed by atoms with Crippen LogP contribution in [0.15, 0.2) is 40.6 Å². The molecule has 0 aliphatic carbocycles. The summed E-state index contributed by atoms with van der Waals surface area (Å²) in [6.45, 7) is 1.88. The van der Waals surface area contributed by atoms with Crippen molar-refractivity contribution in [2.75, 3.05) is 10.6 Å². The number of hydrogen-bond donors (Lipinski definition) is 2. The maximum atomic E-state index is 12.0. The molecular weight excluding hydrogens is 316 g/mol. The number of aryl methyl sites for hydroxylation is 1. The van der Waals surface area contributed by atoms with Gasteiger partial charge in [-0.1, -0.05) is 6.07 Å². The van der Waals surface area contributed by atoms with E-state index in [0.717, 1.165) is 17.0 Å². The van der Waals surface area contributed by atoms with Gasteiger partial charge in [-0.3, -0.25) is 9.59 Å². The summed E-state index contributed by atoms with van der Waals surface area (Å²) in [7, 11) is 0. The number of benzene rings is 1. The standard InChI is InChI=1S/C16H16N2O2S2/c1-10-16(20)18-13-9-11(4-6-14(13)22-10)17-15(19)7-5-12-3-2-8-21-12/h2-4,6,8-10H,5,7H2,1H3,(H,17,19)(H,18,20). The summed E-state index contributed by atoms with van der Waals surface area (Å²) in [5.74, 6) is -0.0184. The molecule has 0 fully saturated rings. The molecule has 1 aliphatic rings. The number of nitrogens with one attached hydrogen (secondary N) is 2. The number of fused-ring (bicyclic) bond motifs is 1. The first-order valence-corrected chi connectivity index (χ1v) is 8.81. The van der Waals surface area contributed by atoms with Crippen molar-refractivity contribution in [1.82, 2.24) is 0 Å². The minimum atomic E-state index is -0.0845. The van der Waals surface area contributed by atoms with Gasteiger partial charge in [-0.15, -0.1) is 23.1 Å². The SMILES string of the molecule is CC1Sc2ccc(NC(=O)CCc3cccs3)cc2NC1=O. The van der Waals surface area contributed by atoms with Gasteiger partial charge in [0.25, 0.3) is 0 Å². The Balaban J connectivity index is 1.62. The quantitative estimate of drug-likeness (QED) is 0.896. The second-order valence-corrected chi connectivity index (χ2v) is 7.50. The Hall–Kier alpha value is -1.79. The molecule has 6 heteroatoms. The summed E-state index contributed by atoms with van der Waals surface area (Å²) in [6.07, 6.45) is 1.20. The van der Waals surface area contributed by atoms with Crippen molar-refractivity contribution in [3.63, 3.8) is 0 Å². The summed E-state index contributed by atoms with van der Waals surface area (Å²) >= 11 is 3.19. The maximum Gasteiger partial charge on any atom is 0.237 e. The molecule has 0 bridgehead atoms. The summed E-state index contributed by atoms with van der Waals surface area (Å²) in [6, 6.07) is 9.65. The lowest BCUT2D eigenvalue weighted by Gasteiger charge is -2.21. The number of thioether (sulfide) groups is 1. The van der Waals surface area contributed by atoms with Crippen LogP contribution >= 0.6 is 23.1 Å². The molecule has 1 atom stereocenters. The van der Waals surface area contributed by atoms with Crippen molar-refractivity contribution in [3.05, 3.63) is 40.6 Å². The topological polar surface area (TPSA) is 58.2 Å². The predicted molar refractivity (Wildman–Crippen MR) is 91.7 cm³/mol. The van der Waals surface area contributed by atoms with Crippen LogP contribution in [0.2, 0.25) is 0 Å². The normalized spacial score (nSPS) is 16.8. The Morgan fingerprint density at radius 3 is 3.00 bits per heavy atom. The van der Waals surface area contributed by atoms with E-state index in [1.807, 2.05) is 42.6 Å². The fraction of sp³-hybridized carbons (Fsp3) is 0.250. The molecule has 1 aromatic carbocycles.